The summed E-state index contributed by atoms with van der Waals surface area (Å²) < 4.78 is 0. The van der Waals surface area contributed by atoms with E-state index in [4.69, 9.17) is 0 Å². The Kier molecular flexibility index (Phi) is 6.50. The molecule has 0 atom stereocenters. The Balaban J connectivity index is 1.52. The predicted octanol–water partition coefficient (Wildman–Crippen LogP) is 4.17. The van der Waals surface area contributed by atoms with Crippen molar-refractivity contribution in [1.82, 2.24) is 20.1 Å². The van der Waals surface area contributed by atoms with Gasteiger partial charge in [-0.3, -0.25) is 9.89 Å². The van der Waals surface area contributed by atoms with E-state index >= 15 is 0 Å². The fraction of sp³-hybridized carbons (Fsp3) is 0.450. The van der Waals surface area contributed by atoms with E-state index in [1.807, 2.05) is 36.2 Å². The number of nitrogens with one attached hydrogen (secondary N) is 1. The molecule has 0 radical (unpaired) electrons. The Labute approximate surface area is 159 Å². The molecule has 2 aromatic rings. The summed E-state index contributed by atoms with van der Waals surface area (Å²) in [5.74, 6) is 1.23. The van der Waals surface area contributed by atoms with Gasteiger partial charge in [0.05, 0.1) is 5.75 Å². The number of amides is 1. The van der Waals surface area contributed by atoms with Gasteiger partial charge < -0.3 is 4.90 Å². The minimum absolute atomic E-state index is 0.156. The highest BCUT2D eigenvalue weighted by molar-refractivity contribution is 7.99. The molecule has 0 bridgehead atoms. The number of aromatic nitrogens is 3. The van der Waals surface area contributed by atoms with Crippen LogP contribution in [-0.2, 0) is 4.79 Å². The summed E-state index contributed by atoms with van der Waals surface area (Å²) in [6.07, 6.45) is 9.94. The second kappa shape index (κ2) is 9.03. The van der Waals surface area contributed by atoms with Crippen LogP contribution in [0.25, 0.3) is 12.2 Å². The average Bonchev–Trinajstić information content (AvgIpc) is 3.13. The quantitative estimate of drug-likeness (QED) is 0.775. The largest absolute Gasteiger partial charge is 0.342 e. The minimum Gasteiger partial charge on any atom is -0.342 e. The van der Waals surface area contributed by atoms with Gasteiger partial charge in [0.2, 0.25) is 11.1 Å². The van der Waals surface area contributed by atoms with Crippen LogP contribution in [0.5, 0.6) is 0 Å². The average molecular weight is 371 g/mol. The number of rotatable bonds is 6. The van der Waals surface area contributed by atoms with Crippen LogP contribution in [0, 0.1) is 6.92 Å². The Bertz CT molecular complexity index is 765. The smallest absolute Gasteiger partial charge is 0.233 e. The number of aromatic amines is 1. The van der Waals surface area contributed by atoms with Gasteiger partial charge in [0, 0.05) is 13.1 Å². The van der Waals surface area contributed by atoms with Gasteiger partial charge in [-0.1, -0.05) is 61.4 Å². The summed E-state index contributed by atoms with van der Waals surface area (Å²) in [6.45, 7) is 2.08. The molecule has 1 saturated carbocycles. The topological polar surface area (TPSA) is 61.9 Å². The van der Waals surface area contributed by atoms with E-state index in [1.165, 1.54) is 36.6 Å². The number of nitrogens with zero attached hydrogens (tertiary/aromatic N) is 3. The van der Waals surface area contributed by atoms with Crippen LogP contribution in [0.4, 0.5) is 0 Å². The summed E-state index contributed by atoms with van der Waals surface area (Å²) >= 11 is 1.39. The van der Waals surface area contributed by atoms with Crippen molar-refractivity contribution in [3.05, 3.63) is 41.2 Å². The van der Waals surface area contributed by atoms with Gasteiger partial charge in [-0.25, -0.2) is 4.98 Å². The fourth-order valence-electron chi connectivity index (χ4n) is 3.24. The van der Waals surface area contributed by atoms with Gasteiger partial charge in [-0.15, -0.1) is 5.10 Å². The Morgan fingerprint density at radius 2 is 2.04 bits per heavy atom. The molecule has 1 amide bonds. The standard InChI is InChI=1S/C20H26N4OS/c1-15-8-6-7-9-16(15)12-13-18-21-20(23-22-18)26-14-19(25)24(2)17-10-4-3-5-11-17/h6-9,12-13,17H,3-5,10-11,14H2,1-2H3,(H,21,22,23). The summed E-state index contributed by atoms with van der Waals surface area (Å²) in [5, 5.41) is 7.73. The maximum Gasteiger partial charge on any atom is 0.233 e. The van der Waals surface area contributed by atoms with Crippen molar-refractivity contribution in [3.63, 3.8) is 0 Å². The zero-order valence-electron chi connectivity index (χ0n) is 15.4. The molecule has 0 unspecified atom stereocenters. The van der Waals surface area contributed by atoms with Crippen molar-refractivity contribution in [2.75, 3.05) is 12.8 Å². The van der Waals surface area contributed by atoms with E-state index in [0.717, 1.165) is 18.4 Å². The second-order valence-corrected chi connectivity index (χ2v) is 7.72. The predicted molar refractivity (Wildman–Crippen MR) is 107 cm³/mol. The molecule has 26 heavy (non-hydrogen) atoms. The van der Waals surface area contributed by atoms with Gasteiger partial charge in [0.25, 0.3) is 0 Å². The van der Waals surface area contributed by atoms with E-state index in [9.17, 15) is 4.79 Å². The van der Waals surface area contributed by atoms with Crippen molar-refractivity contribution in [2.45, 2.75) is 50.2 Å². The maximum absolute atomic E-state index is 12.4. The third-order valence-electron chi connectivity index (χ3n) is 4.93. The van der Waals surface area contributed by atoms with Crippen LogP contribution in [0.2, 0.25) is 0 Å². The van der Waals surface area contributed by atoms with Crippen molar-refractivity contribution in [1.29, 1.82) is 0 Å². The first-order chi connectivity index (χ1) is 12.6. The van der Waals surface area contributed by atoms with E-state index in [-0.39, 0.29) is 5.91 Å². The van der Waals surface area contributed by atoms with Gasteiger partial charge in [0.15, 0.2) is 0 Å². The zero-order chi connectivity index (χ0) is 18.4. The van der Waals surface area contributed by atoms with Crippen molar-refractivity contribution < 1.29 is 4.79 Å². The normalized spacial score (nSPS) is 15.5. The molecule has 1 aliphatic carbocycles. The van der Waals surface area contributed by atoms with Crippen LogP contribution < -0.4 is 0 Å². The molecular weight excluding hydrogens is 344 g/mol. The number of thioether (sulfide) groups is 1. The number of carbonyl (C=O) groups is 1. The summed E-state index contributed by atoms with van der Waals surface area (Å²) in [5.41, 5.74) is 2.37. The molecule has 138 valence electrons. The summed E-state index contributed by atoms with van der Waals surface area (Å²) in [6, 6.07) is 8.59. The lowest BCUT2D eigenvalue weighted by atomic mass is 9.94. The fourth-order valence-corrected chi connectivity index (χ4v) is 3.97. The first-order valence-electron chi connectivity index (χ1n) is 9.18. The number of hydrogen-bond donors (Lipinski definition) is 1. The van der Waals surface area contributed by atoms with E-state index in [1.54, 1.807) is 0 Å². The lowest BCUT2D eigenvalue weighted by Crippen LogP contribution is -2.39. The Hall–Kier alpha value is -2.08. The van der Waals surface area contributed by atoms with E-state index in [2.05, 4.69) is 34.2 Å². The van der Waals surface area contributed by atoms with E-state index < -0.39 is 0 Å². The SMILES string of the molecule is Cc1ccccc1C=Cc1nc(SCC(=O)N(C)C2CCCCC2)n[nH]1. The third kappa shape index (κ3) is 4.97. The lowest BCUT2D eigenvalue weighted by Gasteiger charge is -2.31. The number of carbonyl (C=O) groups excluding carboxylic acids is 1. The molecule has 3 rings (SSSR count). The minimum atomic E-state index is 0.156. The third-order valence-corrected chi connectivity index (χ3v) is 5.76. The summed E-state index contributed by atoms with van der Waals surface area (Å²) in [4.78, 5) is 18.7. The maximum atomic E-state index is 12.4. The number of hydrogen-bond acceptors (Lipinski definition) is 4. The number of H-pyrrole nitrogens is 1. The van der Waals surface area contributed by atoms with Gasteiger partial charge in [0.1, 0.15) is 5.82 Å². The number of benzene rings is 1. The highest BCUT2D eigenvalue weighted by Gasteiger charge is 2.22. The Morgan fingerprint density at radius 1 is 1.27 bits per heavy atom. The van der Waals surface area contributed by atoms with Crippen molar-refractivity contribution in [2.24, 2.45) is 0 Å². The lowest BCUT2D eigenvalue weighted by molar-refractivity contribution is -0.129. The molecule has 6 heteroatoms. The molecule has 1 heterocycles. The molecule has 1 fully saturated rings. The highest BCUT2D eigenvalue weighted by atomic mass is 32.2. The van der Waals surface area contributed by atoms with Gasteiger partial charge in [-0.2, -0.15) is 0 Å². The van der Waals surface area contributed by atoms with Crippen LogP contribution >= 0.6 is 11.8 Å². The van der Waals surface area contributed by atoms with E-state index in [0.29, 0.717) is 22.8 Å². The molecule has 1 aromatic heterocycles. The molecule has 5 nitrogen and oxygen atoms in total. The molecular formula is C20H26N4OS. The highest BCUT2D eigenvalue weighted by Crippen LogP contribution is 2.23. The monoisotopic (exact) mass is 370 g/mol. The van der Waals surface area contributed by atoms with Crippen LogP contribution in [0.15, 0.2) is 29.4 Å². The van der Waals surface area contributed by atoms with Crippen molar-refractivity contribution >= 4 is 29.8 Å². The number of aryl methyl sites for hydroxylation is 1. The van der Waals surface area contributed by atoms with Crippen LogP contribution in [-0.4, -0.2) is 44.8 Å². The first kappa shape index (κ1) is 18.7. The molecule has 1 aromatic carbocycles. The van der Waals surface area contributed by atoms with Gasteiger partial charge in [-0.05, 0) is 37.0 Å². The zero-order valence-corrected chi connectivity index (χ0v) is 16.3. The molecule has 1 N–H and O–H groups in total. The van der Waals surface area contributed by atoms with Crippen LogP contribution in [0.1, 0.15) is 49.1 Å². The van der Waals surface area contributed by atoms with Crippen molar-refractivity contribution in [3.8, 4) is 0 Å². The summed E-state index contributed by atoms with van der Waals surface area (Å²) in [7, 11) is 1.92. The molecule has 1 aliphatic rings. The first-order valence-corrected chi connectivity index (χ1v) is 10.2. The molecule has 0 aliphatic heterocycles. The molecule has 0 spiro atoms. The van der Waals surface area contributed by atoms with Crippen LogP contribution in [0.3, 0.4) is 0 Å². The second-order valence-electron chi connectivity index (χ2n) is 6.78. The molecule has 0 saturated heterocycles. The van der Waals surface area contributed by atoms with Gasteiger partial charge >= 0.3 is 0 Å². The Morgan fingerprint density at radius 3 is 2.81 bits per heavy atom.